The molecule has 214 valence electrons. The molecule has 5 nitrogen and oxygen atoms in total. The zero-order chi connectivity index (χ0) is 30.6. The van der Waals surface area contributed by atoms with Gasteiger partial charge in [0.15, 0.2) is 11.4 Å². The highest BCUT2D eigenvalue weighted by atomic mass is 16.3. The molecule has 0 saturated heterocycles. The molecular formula is C41H24N4O. The van der Waals surface area contributed by atoms with E-state index in [0.717, 1.165) is 55.6 Å². The van der Waals surface area contributed by atoms with Crippen LogP contribution in [0.2, 0.25) is 0 Å². The van der Waals surface area contributed by atoms with Gasteiger partial charge in [-0.3, -0.25) is 0 Å². The van der Waals surface area contributed by atoms with Crippen LogP contribution in [-0.4, -0.2) is 14.5 Å². The van der Waals surface area contributed by atoms with Crippen molar-refractivity contribution in [3.63, 3.8) is 0 Å². The number of aromatic nitrogens is 3. The molecule has 0 radical (unpaired) electrons. The first-order chi connectivity index (χ1) is 22.8. The average molecular weight is 589 g/mol. The molecule has 0 amide bonds. The number of nitrogens with zero attached hydrogens (tertiary/aromatic N) is 4. The van der Waals surface area contributed by atoms with E-state index in [2.05, 4.69) is 65.2 Å². The van der Waals surface area contributed by atoms with Gasteiger partial charge < -0.3 is 8.98 Å². The molecule has 0 aliphatic heterocycles. The van der Waals surface area contributed by atoms with Crippen molar-refractivity contribution in [2.75, 3.05) is 0 Å². The van der Waals surface area contributed by atoms with E-state index in [0.29, 0.717) is 22.6 Å². The lowest BCUT2D eigenvalue weighted by Gasteiger charge is -2.11. The maximum absolute atomic E-state index is 10.2. The van der Waals surface area contributed by atoms with Gasteiger partial charge in [-0.2, -0.15) is 5.26 Å². The van der Waals surface area contributed by atoms with E-state index in [1.54, 1.807) is 0 Å². The summed E-state index contributed by atoms with van der Waals surface area (Å²) in [5.41, 5.74) is 10.1. The summed E-state index contributed by atoms with van der Waals surface area (Å²) in [6.07, 6.45) is 0. The van der Waals surface area contributed by atoms with Crippen molar-refractivity contribution in [3.8, 4) is 45.5 Å². The van der Waals surface area contributed by atoms with Crippen LogP contribution < -0.4 is 0 Å². The number of para-hydroxylation sites is 3. The van der Waals surface area contributed by atoms with Crippen LogP contribution in [-0.2, 0) is 0 Å². The smallest absolute Gasteiger partial charge is 0.180 e. The third-order valence-corrected chi connectivity index (χ3v) is 8.62. The highest BCUT2D eigenvalue weighted by Gasteiger charge is 2.21. The second-order valence-electron chi connectivity index (χ2n) is 11.3. The first-order valence-electron chi connectivity index (χ1n) is 15.1. The van der Waals surface area contributed by atoms with Gasteiger partial charge in [-0.05, 0) is 42.0 Å². The SMILES string of the molecule is N#Cc1cc(-c2cccc3c2oc2c(-c4ccccc4)nc(-c4ccccc4)nc23)cc(-n2c3ccccc3c3ccccc32)c1. The Morgan fingerprint density at radius 1 is 0.543 bits per heavy atom. The molecule has 0 fully saturated rings. The van der Waals surface area contributed by atoms with Gasteiger partial charge in [-0.1, -0.05) is 109 Å². The van der Waals surface area contributed by atoms with Crippen LogP contribution in [0.1, 0.15) is 5.56 Å². The Hall–Kier alpha value is -6.51. The van der Waals surface area contributed by atoms with Crippen molar-refractivity contribution < 1.29 is 4.42 Å². The molecule has 5 heteroatoms. The summed E-state index contributed by atoms with van der Waals surface area (Å²) < 4.78 is 8.98. The third kappa shape index (κ3) is 4.02. The van der Waals surface area contributed by atoms with Gasteiger partial charge in [0.1, 0.15) is 16.8 Å². The second kappa shape index (κ2) is 10.3. The van der Waals surface area contributed by atoms with Crippen molar-refractivity contribution in [1.29, 1.82) is 5.26 Å². The molecule has 3 aromatic heterocycles. The lowest BCUT2D eigenvalue weighted by atomic mass is 10.00. The maximum Gasteiger partial charge on any atom is 0.180 e. The molecule has 0 spiro atoms. The molecule has 0 saturated carbocycles. The number of nitriles is 1. The van der Waals surface area contributed by atoms with E-state index in [-0.39, 0.29) is 0 Å². The number of furan rings is 1. The zero-order valence-corrected chi connectivity index (χ0v) is 24.6. The summed E-state index contributed by atoms with van der Waals surface area (Å²) in [5.74, 6) is 0.639. The van der Waals surface area contributed by atoms with Crippen LogP contribution in [0.15, 0.2) is 150 Å². The van der Waals surface area contributed by atoms with Crippen LogP contribution in [0.25, 0.3) is 83.3 Å². The summed E-state index contributed by atoms with van der Waals surface area (Å²) in [6.45, 7) is 0. The lowest BCUT2D eigenvalue weighted by molar-refractivity contribution is 0.668. The topological polar surface area (TPSA) is 67.6 Å². The third-order valence-electron chi connectivity index (χ3n) is 8.62. The van der Waals surface area contributed by atoms with Crippen molar-refractivity contribution in [3.05, 3.63) is 151 Å². The molecule has 46 heavy (non-hydrogen) atoms. The Bertz CT molecular complexity index is 2590. The molecule has 9 rings (SSSR count). The fourth-order valence-corrected chi connectivity index (χ4v) is 6.56. The van der Waals surface area contributed by atoms with Crippen LogP contribution >= 0.6 is 0 Å². The van der Waals surface area contributed by atoms with Crippen LogP contribution in [0.5, 0.6) is 0 Å². The minimum atomic E-state index is 0.568. The summed E-state index contributed by atoms with van der Waals surface area (Å²) in [5, 5.41) is 13.4. The van der Waals surface area contributed by atoms with Gasteiger partial charge in [-0.15, -0.1) is 0 Å². The number of rotatable bonds is 4. The molecule has 0 unspecified atom stereocenters. The van der Waals surface area contributed by atoms with Crippen LogP contribution in [0.4, 0.5) is 0 Å². The Kier molecular flexibility index (Phi) is 5.81. The predicted octanol–water partition coefficient (Wildman–Crippen LogP) is 10.3. The molecule has 0 atom stereocenters. The van der Waals surface area contributed by atoms with Gasteiger partial charge in [0.05, 0.1) is 22.7 Å². The monoisotopic (exact) mass is 588 g/mol. The maximum atomic E-state index is 10.2. The number of benzene rings is 6. The summed E-state index contributed by atoms with van der Waals surface area (Å²) in [7, 11) is 0. The molecule has 0 bridgehead atoms. The summed E-state index contributed by atoms with van der Waals surface area (Å²) in [4.78, 5) is 10.1. The fourth-order valence-electron chi connectivity index (χ4n) is 6.56. The molecule has 0 aliphatic carbocycles. The quantitative estimate of drug-likeness (QED) is 0.205. The molecular weight excluding hydrogens is 564 g/mol. The Morgan fingerprint density at radius 3 is 1.87 bits per heavy atom. The van der Waals surface area contributed by atoms with E-state index in [1.165, 1.54) is 10.8 Å². The van der Waals surface area contributed by atoms with E-state index in [1.807, 2.05) is 91.0 Å². The van der Waals surface area contributed by atoms with E-state index < -0.39 is 0 Å². The normalized spacial score (nSPS) is 11.5. The second-order valence-corrected chi connectivity index (χ2v) is 11.3. The first kappa shape index (κ1) is 25.9. The van der Waals surface area contributed by atoms with Gasteiger partial charge in [0.2, 0.25) is 0 Å². The molecule has 6 aromatic carbocycles. The zero-order valence-electron chi connectivity index (χ0n) is 24.6. The first-order valence-corrected chi connectivity index (χ1v) is 15.1. The average Bonchev–Trinajstić information content (AvgIpc) is 3.68. The highest BCUT2D eigenvalue weighted by molar-refractivity contribution is 6.12. The van der Waals surface area contributed by atoms with E-state index in [9.17, 15) is 5.26 Å². The summed E-state index contributed by atoms with van der Waals surface area (Å²) >= 11 is 0. The van der Waals surface area contributed by atoms with Crippen molar-refractivity contribution in [2.45, 2.75) is 0 Å². The van der Waals surface area contributed by atoms with Gasteiger partial charge >= 0.3 is 0 Å². The Morgan fingerprint density at radius 2 is 1.17 bits per heavy atom. The minimum absolute atomic E-state index is 0.568. The number of hydrogen-bond donors (Lipinski definition) is 0. The Balaban J connectivity index is 1.32. The molecule has 9 aromatic rings. The van der Waals surface area contributed by atoms with Crippen molar-refractivity contribution >= 4 is 43.9 Å². The van der Waals surface area contributed by atoms with Crippen LogP contribution in [0, 0.1) is 11.3 Å². The lowest BCUT2D eigenvalue weighted by Crippen LogP contribution is -1.96. The van der Waals surface area contributed by atoms with Gasteiger partial charge in [0, 0.05) is 38.5 Å². The molecule has 0 N–H and O–H groups in total. The van der Waals surface area contributed by atoms with E-state index in [4.69, 9.17) is 14.4 Å². The highest BCUT2D eigenvalue weighted by Crippen LogP contribution is 2.41. The molecule has 0 aliphatic rings. The number of fused-ring (bicyclic) bond motifs is 6. The minimum Gasteiger partial charge on any atom is -0.451 e. The largest absolute Gasteiger partial charge is 0.451 e. The Labute approximate surface area is 264 Å². The van der Waals surface area contributed by atoms with E-state index >= 15 is 0 Å². The molecule has 3 heterocycles. The number of hydrogen-bond acceptors (Lipinski definition) is 4. The van der Waals surface area contributed by atoms with Crippen molar-refractivity contribution in [1.82, 2.24) is 14.5 Å². The van der Waals surface area contributed by atoms with Crippen molar-refractivity contribution in [2.24, 2.45) is 0 Å². The standard InChI is InChI=1S/C41H24N4O/c42-25-26-22-29(24-30(23-26)45-35-20-9-7-16-32(35)33-17-8-10-21-36(33)45)31-18-11-19-34-38-40(46-39(31)34)37(27-12-3-1-4-13-27)43-41(44-38)28-14-5-2-6-15-28/h1-24H. The van der Waals surface area contributed by atoms with Crippen LogP contribution in [0.3, 0.4) is 0 Å². The fraction of sp³-hybridized carbons (Fsp3) is 0. The predicted molar refractivity (Wildman–Crippen MR) is 185 cm³/mol. The summed E-state index contributed by atoms with van der Waals surface area (Å²) in [6, 6.07) is 51.4. The van der Waals surface area contributed by atoms with Gasteiger partial charge in [-0.25, -0.2) is 9.97 Å². The van der Waals surface area contributed by atoms with Gasteiger partial charge in [0.25, 0.3) is 0 Å².